The third kappa shape index (κ3) is 3.46. The first-order chi connectivity index (χ1) is 10.7. The highest BCUT2D eigenvalue weighted by molar-refractivity contribution is 7.89. The molecule has 0 spiro atoms. The van der Waals surface area contributed by atoms with Crippen LogP contribution in [-0.2, 0) is 19.5 Å². The third-order valence-corrected chi connectivity index (χ3v) is 4.53. The summed E-state index contributed by atoms with van der Waals surface area (Å²) in [5.41, 5.74) is -1.63. The van der Waals surface area contributed by atoms with Crippen molar-refractivity contribution in [3.63, 3.8) is 0 Å². The van der Waals surface area contributed by atoms with E-state index in [9.17, 15) is 23.7 Å². The summed E-state index contributed by atoms with van der Waals surface area (Å²) in [6.45, 7) is 1.97. The van der Waals surface area contributed by atoms with Crippen molar-refractivity contribution in [2.75, 3.05) is 13.2 Å². The largest absolute Gasteiger partial charge is 0.593 e. The first-order valence-corrected chi connectivity index (χ1v) is 8.01. The van der Waals surface area contributed by atoms with Gasteiger partial charge >= 0.3 is 15.7 Å². The number of rotatable bonds is 4. The van der Waals surface area contributed by atoms with E-state index < -0.39 is 45.0 Å². The molecule has 1 fully saturated rings. The summed E-state index contributed by atoms with van der Waals surface area (Å²) in [5, 5.41) is 23.3. The molecule has 11 heteroatoms. The predicted octanol–water partition coefficient (Wildman–Crippen LogP) is 1.01. The average Bonchev–Trinajstić information content (AvgIpc) is 2.47. The molecule has 0 saturated carbocycles. The SMILES string of the molecule is Cc1ccc(S(=O)(=O)/N=[N+](\[O-])C2([N+](=O)[O-])COC(C)OC2)cc1. The number of hydrogen-bond acceptors (Lipinski definition) is 7. The van der Waals surface area contributed by atoms with Gasteiger partial charge in [-0.3, -0.25) is 10.1 Å². The van der Waals surface area contributed by atoms with Crippen LogP contribution in [0.4, 0.5) is 0 Å². The second-order valence-corrected chi connectivity index (χ2v) is 6.66. The Hall–Kier alpha value is -2.11. The van der Waals surface area contributed by atoms with Gasteiger partial charge < -0.3 is 14.7 Å². The molecule has 0 N–H and O–H groups in total. The van der Waals surface area contributed by atoms with E-state index in [-0.39, 0.29) is 4.90 Å². The minimum absolute atomic E-state index is 0.242. The number of aryl methyl sites for hydroxylation is 1. The normalized spacial score (nSPS) is 26.0. The Morgan fingerprint density at radius 1 is 1.22 bits per heavy atom. The Balaban J connectivity index is 2.39. The summed E-state index contributed by atoms with van der Waals surface area (Å²) >= 11 is 0. The lowest BCUT2D eigenvalue weighted by molar-refractivity contribution is -0.822. The lowest BCUT2D eigenvalue weighted by atomic mass is 10.2. The Bertz CT molecular complexity index is 722. The Morgan fingerprint density at radius 3 is 2.22 bits per heavy atom. The first-order valence-electron chi connectivity index (χ1n) is 6.57. The zero-order valence-electron chi connectivity index (χ0n) is 12.4. The summed E-state index contributed by atoms with van der Waals surface area (Å²) in [4.78, 5) is 9.58. The molecule has 1 aromatic rings. The van der Waals surface area contributed by atoms with Crippen molar-refractivity contribution in [1.29, 1.82) is 0 Å². The number of benzene rings is 1. The van der Waals surface area contributed by atoms with Crippen LogP contribution in [0.25, 0.3) is 0 Å². The van der Waals surface area contributed by atoms with Gasteiger partial charge in [0, 0.05) is 4.86 Å². The van der Waals surface area contributed by atoms with E-state index in [1.54, 1.807) is 6.92 Å². The minimum atomic E-state index is -4.39. The zero-order valence-corrected chi connectivity index (χ0v) is 13.2. The molecular weight excluding hydrogens is 330 g/mol. The highest BCUT2D eigenvalue weighted by atomic mass is 32.2. The zero-order chi connectivity index (χ0) is 17.3. The fourth-order valence-electron chi connectivity index (χ4n) is 1.81. The van der Waals surface area contributed by atoms with Crippen molar-refractivity contribution >= 4 is 10.0 Å². The van der Waals surface area contributed by atoms with Crippen LogP contribution >= 0.6 is 0 Å². The van der Waals surface area contributed by atoms with E-state index in [2.05, 4.69) is 4.52 Å². The molecule has 1 aromatic carbocycles. The van der Waals surface area contributed by atoms with Crippen LogP contribution in [-0.4, -0.2) is 43.4 Å². The van der Waals surface area contributed by atoms with Gasteiger partial charge in [0.15, 0.2) is 19.5 Å². The Kier molecular flexibility index (Phi) is 4.63. The van der Waals surface area contributed by atoms with Crippen molar-refractivity contribution in [1.82, 2.24) is 0 Å². The molecule has 0 unspecified atom stereocenters. The predicted molar refractivity (Wildman–Crippen MR) is 75.5 cm³/mol. The van der Waals surface area contributed by atoms with E-state index in [0.29, 0.717) is 0 Å². The molecule has 0 aliphatic carbocycles. The van der Waals surface area contributed by atoms with Crippen LogP contribution in [0.15, 0.2) is 33.7 Å². The molecule has 0 bridgehead atoms. The van der Waals surface area contributed by atoms with Gasteiger partial charge in [-0.05, 0) is 26.0 Å². The van der Waals surface area contributed by atoms with Crippen molar-refractivity contribution in [2.45, 2.75) is 30.7 Å². The number of hydroxylamine groups is 1. The van der Waals surface area contributed by atoms with Crippen LogP contribution in [0, 0.1) is 22.2 Å². The molecule has 23 heavy (non-hydrogen) atoms. The molecule has 1 aliphatic rings. The summed E-state index contributed by atoms with van der Waals surface area (Å²) in [6.07, 6.45) is -0.731. The highest BCUT2D eigenvalue weighted by Gasteiger charge is 2.58. The van der Waals surface area contributed by atoms with Crippen molar-refractivity contribution in [2.24, 2.45) is 4.52 Å². The molecule has 0 aromatic heterocycles. The molecule has 0 radical (unpaired) electrons. The van der Waals surface area contributed by atoms with E-state index in [1.807, 2.05) is 0 Å². The van der Waals surface area contributed by atoms with Gasteiger partial charge in [0.1, 0.15) is 9.44 Å². The Morgan fingerprint density at radius 2 is 1.74 bits per heavy atom. The summed E-state index contributed by atoms with van der Waals surface area (Å²) in [7, 11) is -4.39. The maximum absolute atomic E-state index is 12.1. The van der Waals surface area contributed by atoms with Crippen LogP contribution in [0.5, 0.6) is 0 Å². The van der Waals surface area contributed by atoms with Crippen LogP contribution in [0.3, 0.4) is 0 Å². The lowest BCUT2D eigenvalue weighted by Crippen LogP contribution is -2.58. The fraction of sp³-hybridized carbons (Fsp3) is 0.500. The fourth-order valence-corrected chi connectivity index (χ4v) is 2.73. The second-order valence-electron chi connectivity index (χ2n) is 5.07. The molecule has 2 rings (SSSR count). The molecule has 1 saturated heterocycles. The standard InChI is InChI=1S/C12H15N3O7S/c1-9-3-5-11(6-4-9)23(19,20)13-14(16)12(15(17)18)7-21-10(2)22-8-12/h3-6,10H,7-8H2,1-2H3/b14-13-. The number of hydrogen-bond donors (Lipinski definition) is 0. The third-order valence-electron chi connectivity index (χ3n) is 3.29. The van der Waals surface area contributed by atoms with E-state index in [4.69, 9.17) is 9.47 Å². The quantitative estimate of drug-likeness (QED) is 0.261. The molecule has 1 heterocycles. The van der Waals surface area contributed by atoms with Crippen molar-refractivity contribution in [3.05, 3.63) is 45.2 Å². The van der Waals surface area contributed by atoms with Gasteiger partial charge in [-0.25, -0.2) is 0 Å². The number of nitro groups is 1. The maximum Gasteiger partial charge on any atom is 0.484 e. The topological polar surface area (TPSA) is 134 Å². The monoisotopic (exact) mass is 345 g/mol. The van der Waals surface area contributed by atoms with Crippen LogP contribution in [0.2, 0.25) is 0 Å². The number of ether oxygens (including phenoxy) is 2. The van der Waals surface area contributed by atoms with Gasteiger partial charge in [-0.1, -0.05) is 17.7 Å². The van der Waals surface area contributed by atoms with E-state index in [0.717, 1.165) is 5.56 Å². The van der Waals surface area contributed by atoms with Gasteiger partial charge in [0.2, 0.25) is 0 Å². The molecule has 10 nitrogen and oxygen atoms in total. The molecular formula is C12H15N3O7S. The number of sulfonamides is 1. The van der Waals surface area contributed by atoms with Gasteiger partial charge in [0.25, 0.3) is 0 Å². The molecule has 126 valence electrons. The van der Waals surface area contributed by atoms with Gasteiger partial charge in [-0.15, -0.1) is 0 Å². The lowest BCUT2D eigenvalue weighted by Gasteiger charge is -2.27. The number of nitrogens with zero attached hydrogens (tertiary/aromatic N) is 3. The molecule has 0 atom stereocenters. The minimum Gasteiger partial charge on any atom is -0.593 e. The van der Waals surface area contributed by atoms with Crippen LogP contribution < -0.4 is 0 Å². The van der Waals surface area contributed by atoms with E-state index in [1.165, 1.54) is 31.2 Å². The van der Waals surface area contributed by atoms with Crippen molar-refractivity contribution in [3.8, 4) is 0 Å². The Labute approximate surface area is 132 Å². The van der Waals surface area contributed by atoms with E-state index >= 15 is 0 Å². The molecule has 0 amide bonds. The smallest absolute Gasteiger partial charge is 0.484 e. The first kappa shape index (κ1) is 17.2. The van der Waals surface area contributed by atoms with Gasteiger partial charge in [-0.2, -0.15) is 8.42 Å². The summed E-state index contributed by atoms with van der Waals surface area (Å²) < 4.78 is 37.1. The van der Waals surface area contributed by atoms with Crippen molar-refractivity contribution < 1.29 is 27.7 Å². The second kappa shape index (κ2) is 6.18. The van der Waals surface area contributed by atoms with Gasteiger partial charge in [0.05, 0.1) is 4.90 Å². The average molecular weight is 345 g/mol. The maximum atomic E-state index is 12.1. The van der Waals surface area contributed by atoms with Crippen LogP contribution in [0.1, 0.15) is 12.5 Å². The highest BCUT2D eigenvalue weighted by Crippen LogP contribution is 2.22. The summed E-state index contributed by atoms with van der Waals surface area (Å²) in [5.74, 6) is 0. The summed E-state index contributed by atoms with van der Waals surface area (Å²) in [6, 6.07) is 5.57. The molecule has 1 aliphatic heterocycles.